The van der Waals surface area contributed by atoms with Gasteiger partial charge in [0.15, 0.2) is 17.7 Å². The average molecular weight is 609 g/mol. The molecule has 0 aromatic carbocycles. The normalized spacial score (nSPS) is 42.0. The Morgan fingerprint density at radius 3 is 2.43 bits per heavy atom. The van der Waals surface area contributed by atoms with Crippen LogP contribution in [-0.4, -0.2) is 48.9 Å². The molecule has 4 saturated carbocycles. The van der Waals surface area contributed by atoms with Crippen LogP contribution in [0.25, 0.3) is 0 Å². The minimum Gasteiger partial charge on any atom is -0.462 e. The molecule has 0 N–H and O–H groups in total. The lowest BCUT2D eigenvalue weighted by Gasteiger charge is -2.61. The van der Waals surface area contributed by atoms with Gasteiger partial charge in [-0.15, -0.1) is 6.58 Å². The molecule has 242 valence electrons. The molecule has 7 heteroatoms. The van der Waals surface area contributed by atoms with Gasteiger partial charge < -0.3 is 14.2 Å². The van der Waals surface area contributed by atoms with Crippen LogP contribution in [0.15, 0.2) is 37.0 Å². The largest absolute Gasteiger partial charge is 0.462 e. The molecule has 0 aromatic heterocycles. The number of rotatable bonds is 11. The van der Waals surface area contributed by atoms with E-state index in [4.69, 9.17) is 14.2 Å². The molecule has 12 atom stereocenters. The second-order valence-corrected chi connectivity index (χ2v) is 15.4. The third-order valence-corrected chi connectivity index (χ3v) is 13.5. The maximum absolute atomic E-state index is 14.0. The van der Waals surface area contributed by atoms with Crippen molar-refractivity contribution < 1.29 is 33.4 Å². The minimum atomic E-state index is -1.05. The van der Waals surface area contributed by atoms with Gasteiger partial charge in [-0.05, 0) is 83.7 Å². The quantitative estimate of drug-likeness (QED) is 0.115. The van der Waals surface area contributed by atoms with E-state index in [0.717, 1.165) is 32.1 Å². The number of hydrogen-bond donors (Lipinski definition) is 0. The van der Waals surface area contributed by atoms with E-state index in [1.54, 1.807) is 6.08 Å². The molecule has 2 spiro atoms. The van der Waals surface area contributed by atoms with Crippen molar-refractivity contribution in [2.45, 2.75) is 99.2 Å². The van der Waals surface area contributed by atoms with Crippen molar-refractivity contribution in [3.63, 3.8) is 0 Å². The Balaban J connectivity index is 1.49. The van der Waals surface area contributed by atoms with Gasteiger partial charge in [-0.3, -0.25) is 19.2 Å². The second-order valence-electron chi connectivity index (χ2n) is 15.4. The Morgan fingerprint density at radius 1 is 1.09 bits per heavy atom. The Bertz CT molecular complexity index is 1280. The molecule has 0 aromatic rings. The van der Waals surface area contributed by atoms with E-state index in [-0.39, 0.29) is 56.9 Å². The van der Waals surface area contributed by atoms with Crippen molar-refractivity contribution in [2.75, 3.05) is 13.2 Å². The monoisotopic (exact) mass is 608 g/mol. The highest BCUT2D eigenvalue weighted by Crippen LogP contribution is 2.87. The number of fused-ring (bicyclic) bond motifs is 2. The van der Waals surface area contributed by atoms with Crippen LogP contribution in [-0.2, 0) is 33.4 Å². The van der Waals surface area contributed by atoms with Gasteiger partial charge in [0.1, 0.15) is 6.10 Å². The smallest absolute Gasteiger partial charge is 0.303 e. The highest BCUT2D eigenvalue weighted by molar-refractivity contribution is 5.99. The van der Waals surface area contributed by atoms with Crippen LogP contribution in [0.3, 0.4) is 0 Å². The predicted octanol–water partition coefficient (Wildman–Crippen LogP) is 6.45. The summed E-state index contributed by atoms with van der Waals surface area (Å²) in [5, 5.41) is 0. The molecule has 0 amide bonds. The summed E-state index contributed by atoms with van der Waals surface area (Å²) in [5.41, 5.74) is 0.151. The van der Waals surface area contributed by atoms with Crippen molar-refractivity contribution in [3.8, 4) is 0 Å². The summed E-state index contributed by atoms with van der Waals surface area (Å²) >= 11 is 0. The standard InChI is InChI=1S/C37H52O7/c1-10-17-42-19-21(2)22(3)32(41)33(44-26(7)39)24(5)31-29(43-25(6)38)18-35(9)30-12-11-27-23(4)28(40)13-14-36(27)20-37(30,36)16-15-34(31,35)8/h10,13-14,21,23-24,27,29-31,33H,1,3,11-12,15-20H2,2,4-9H3/t21-,23-,24-,27?,29-,30?,31-,33+,34+,35-,36+,37-/m0/s1. The first-order valence-corrected chi connectivity index (χ1v) is 16.6. The minimum absolute atomic E-state index is 0.0553. The lowest BCUT2D eigenvalue weighted by atomic mass is 9.43. The molecule has 0 saturated heterocycles. The highest BCUT2D eigenvalue weighted by atomic mass is 16.6. The predicted molar refractivity (Wildman–Crippen MR) is 167 cm³/mol. The average Bonchev–Trinajstić information content (AvgIpc) is 3.56. The molecule has 0 aliphatic heterocycles. The maximum Gasteiger partial charge on any atom is 0.303 e. The van der Waals surface area contributed by atoms with Crippen molar-refractivity contribution in [1.29, 1.82) is 0 Å². The summed E-state index contributed by atoms with van der Waals surface area (Å²) in [4.78, 5) is 51.7. The number of carbonyl (C=O) groups is 4. The van der Waals surface area contributed by atoms with E-state index >= 15 is 0 Å². The van der Waals surface area contributed by atoms with Crippen LogP contribution in [0.4, 0.5) is 0 Å². The van der Waals surface area contributed by atoms with Gasteiger partial charge in [0.2, 0.25) is 0 Å². The zero-order chi connectivity index (χ0) is 32.4. The SMILES string of the molecule is C=CCOC[C@H](C)C(=C)C(=O)[C@H](OC(C)=O)[C@@H](C)[C@H]1[C@@H](OC(C)=O)C[C@@]2(C)C3CCC4[C@H](C)C(=O)C=C[C@@]45C[C@@]35CC[C@]12C. The molecule has 5 rings (SSSR count). The Hall–Kier alpha value is -2.54. The molecule has 2 unspecified atom stereocenters. The first kappa shape index (κ1) is 32.8. The summed E-state index contributed by atoms with van der Waals surface area (Å²) in [5.74, 6) is -0.942. The Labute approximate surface area is 263 Å². The van der Waals surface area contributed by atoms with Crippen LogP contribution in [0, 0.1) is 57.2 Å². The van der Waals surface area contributed by atoms with Crippen LogP contribution >= 0.6 is 0 Å². The molecule has 0 radical (unpaired) electrons. The maximum atomic E-state index is 14.0. The van der Waals surface area contributed by atoms with Crippen molar-refractivity contribution in [1.82, 2.24) is 0 Å². The van der Waals surface area contributed by atoms with Gasteiger partial charge in [0.25, 0.3) is 0 Å². The Kier molecular flexibility index (Phi) is 8.48. The molecule has 0 heterocycles. The third kappa shape index (κ3) is 4.70. The Morgan fingerprint density at radius 2 is 1.80 bits per heavy atom. The molecule has 5 aliphatic carbocycles. The number of allylic oxidation sites excluding steroid dienone is 2. The third-order valence-electron chi connectivity index (χ3n) is 13.5. The number of ketones is 2. The van der Waals surface area contributed by atoms with E-state index in [1.165, 1.54) is 13.8 Å². The zero-order valence-electron chi connectivity index (χ0n) is 27.8. The molecule has 4 fully saturated rings. The topological polar surface area (TPSA) is 96.0 Å². The molecule has 0 bridgehead atoms. The highest BCUT2D eigenvalue weighted by Gasteiger charge is 2.81. The molecule has 7 nitrogen and oxygen atoms in total. The fourth-order valence-electron chi connectivity index (χ4n) is 11.3. The summed E-state index contributed by atoms with van der Waals surface area (Å²) in [7, 11) is 0. The van der Waals surface area contributed by atoms with Crippen LogP contribution in [0.1, 0.15) is 87.0 Å². The number of carbonyl (C=O) groups excluding carboxylic acids is 4. The van der Waals surface area contributed by atoms with Gasteiger partial charge in [0, 0.05) is 37.5 Å². The van der Waals surface area contributed by atoms with Crippen LogP contribution in [0.2, 0.25) is 0 Å². The van der Waals surface area contributed by atoms with E-state index in [2.05, 4.69) is 40.0 Å². The summed E-state index contributed by atoms with van der Waals surface area (Å²) in [6.45, 7) is 21.9. The van der Waals surface area contributed by atoms with Gasteiger partial charge in [-0.2, -0.15) is 0 Å². The summed E-state index contributed by atoms with van der Waals surface area (Å²) in [6, 6.07) is 0. The summed E-state index contributed by atoms with van der Waals surface area (Å²) in [6.07, 6.45) is 10.2. The van der Waals surface area contributed by atoms with Gasteiger partial charge in [0.05, 0.1) is 13.2 Å². The van der Waals surface area contributed by atoms with Crippen LogP contribution < -0.4 is 0 Å². The number of ether oxygens (including phenoxy) is 3. The fraction of sp³-hybridized carbons (Fsp3) is 0.730. The first-order chi connectivity index (χ1) is 20.6. The van der Waals surface area contributed by atoms with Crippen molar-refractivity contribution >= 4 is 23.5 Å². The van der Waals surface area contributed by atoms with E-state index in [0.29, 0.717) is 37.0 Å². The summed E-state index contributed by atoms with van der Waals surface area (Å²) < 4.78 is 17.6. The van der Waals surface area contributed by atoms with Crippen molar-refractivity contribution in [2.24, 2.45) is 57.2 Å². The van der Waals surface area contributed by atoms with E-state index in [1.807, 2.05) is 19.9 Å². The van der Waals surface area contributed by atoms with E-state index in [9.17, 15) is 19.2 Å². The lowest BCUT2D eigenvalue weighted by molar-refractivity contribution is -0.166. The molecule has 5 aliphatic rings. The molecule has 44 heavy (non-hydrogen) atoms. The van der Waals surface area contributed by atoms with E-state index < -0.39 is 24.1 Å². The second kappa shape index (κ2) is 11.4. The fourth-order valence-corrected chi connectivity index (χ4v) is 11.3. The first-order valence-electron chi connectivity index (χ1n) is 16.6. The lowest BCUT2D eigenvalue weighted by Crippen LogP contribution is -2.56. The number of esters is 2. The molecular weight excluding hydrogens is 556 g/mol. The zero-order valence-corrected chi connectivity index (χ0v) is 27.8. The van der Waals surface area contributed by atoms with Crippen LogP contribution in [0.5, 0.6) is 0 Å². The number of Topliss-reactive ketones (excluding diaryl/α,β-unsaturated/α-hetero) is 1. The van der Waals surface area contributed by atoms with Gasteiger partial charge in [-0.1, -0.05) is 53.3 Å². The van der Waals surface area contributed by atoms with Gasteiger partial charge >= 0.3 is 11.9 Å². The number of hydrogen-bond acceptors (Lipinski definition) is 7. The van der Waals surface area contributed by atoms with Gasteiger partial charge in [-0.25, -0.2) is 0 Å². The molecular formula is C37H52O7. The van der Waals surface area contributed by atoms with Crippen molar-refractivity contribution in [3.05, 3.63) is 37.0 Å².